The summed E-state index contributed by atoms with van der Waals surface area (Å²) >= 11 is 1.84. The van der Waals surface area contributed by atoms with Crippen LogP contribution >= 0.6 is 11.8 Å². The molecule has 2 unspecified atom stereocenters. The Morgan fingerprint density at radius 1 is 1.44 bits per heavy atom. The second kappa shape index (κ2) is 7.01. The maximum atomic E-state index is 12.5. The molecule has 0 spiro atoms. The first kappa shape index (κ1) is 16.3. The Hall–Kier alpha value is -2.13. The fraction of sp³-hybridized carbons (Fsp3) is 0.500. The summed E-state index contributed by atoms with van der Waals surface area (Å²) in [6.07, 6.45) is 2.52. The molecule has 0 aromatic carbocycles. The smallest absolute Gasteiger partial charge is 0.267 e. The molecule has 0 amide bonds. The van der Waals surface area contributed by atoms with Gasteiger partial charge in [-0.2, -0.15) is 21.8 Å². The van der Waals surface area contributed by atoms with E-state index in [1.165, 1.54) is 0 Å². The standard InChI is InChI=1S/C16H19N5O3S/c1-23-14-2-4-17-16(19-14)18-12-7-24-8-13(12)21-15(22)6-10-9-25-5-3-11(10)20-21/h2,4,6,12-13H,3,5,7-9H2,1H3,(H,17,18,19). The van der Waals surface area contributed by atoms with Crippen LogP contribution in [0.2, 0.25) is 0 Å². The van der Waals surface area contributed by atoms with Gasteiger partial charge in [-0.1, -0.05) is 0 Å². The summed E-state index contributed by atoms with van der Waals surface area (Å²) in [5, 5.41) is 7.87. The van der Waals surface area contributed by atoms with Crippen molar-refractivity contribution in [1.29, 1.82) is 0 Å². The Balaban J connectivity index is 1.60. The molecule has 25 heavy (non-hydrogen) atoms. The lowest BCUT2D eigenvalue weighted by Gasteiger charge is -2.22. The van der Waals surface area contributed by atoms with Crippen molar-refractivity contribution >= 4 is 17.7 Å². The Bertz CT molecular complexity index is 828. The lowest BCUT2D eigenvalue weighted by Crippen LogP contribution is -2.38. The van der Waals surface area contributed by atoms with Gasteiger partial charge in [0.1, 0.15) is 6.04 Å². The minimum Gasteiger partial charge on any atom is -0.481 e. The van der Waals surface area contributed by atoms with Gasteiger partial charge in [-0.3, -0.25) is 4.79 Å². The van der Waals surface area contributed by atoms with Crippen molar-refractivity contribution in [2.75, 3.05) is 31.4 Å². The first-order valence-electron chi connectivity index (χ1n) is 8.15. The van der Waals surface area contributed by atoms with Gasteiger partial charge in [-0.05, 0) is 11.3 Å². The molecular formula is C16H19N5O3S. The largest absolute Gasteiger partial charge is 0.481 e. The van der Waals surface area contributed by atoms with Gasteiger partial charge in [-0.25, -0.2) is 9.67 Å². The number of nitrogens with one attached hydrogen (secondary N) is 1. The van der Waals surface area contributed by atoms with Crippen molar-refractivity contribution in [3.05, 3.63) is 39.9 Å². The molecule has 2 aromatic rings. The zero-order valence-corrected chi connectivity index (χ0v) is 14.7. The van der Waals surface area contributed by atoms with Gasteiger partial charge < -0.3 is 14.8 Å². The quantitative estimate of drug-likeness (QED) is 0.858. The highest BCUT2D eigenvalue weighted by atomic mass is 32.2. The van der Waals surface area contributed by atoms with Crippen molar-refractivity contribution in [1.82, 2.24) is 19.7 Å². The third kappa shape index (κ3) is 3.34. The Morgan fingerprint density at radius 3 is 3.24 bits per heavy atom. The number of fused-ring (bicyclic) bond motifs is 1. The van der Waals surface area contributed by atoms with Crippen molar-refractivity contribution in [3.63, 3.8) is 0 Å². The van der Waals surface area contributed by atoms with Crippen LogP contribution in [0.4, 0.5) is 5.95 Å². The molecule has 132 valence electrons. The molecule has 4 rings (SSSR count). The van der Waals surface area contributed by atoms with Crippen LogP contribution in [0.25, 0.3) is 0 Å². The summed E-state index contributed by atoms with van der Waals surface area (Å²) < 4.78 is 12.3. The number of thioether (sulfide) groups is 1. The predicted octanol–water partition coefficient (Wildman–Crippen LogP) is 0.883. The molecule has 9 heteroatoms. The van der Waals surface area contributed by atoms with Crippen LogP contribution in [-0.2, 0) is 16.9 Å². The first-order valence-corrected chi connectivity index (χ1v) is 9.31. The molecule has 8 nitrogen and oxygen atoms in total. The molecule has 2 aromatic heterocycles. The highest BCUT2D eigenvalue weighted by Crippen LogP contribution is 2.24. The summed E-state index contributed by atoms with van der Waals surface area (Å²) in [4.78, 5) is 21.0. The SMILES string of the molecule is COc1ccnc(NC2COCC2n2nc3c(cc2=O)CSCC3)n1. The van der Waals surface area contributed by atoms with Crippen LogP contribution in [0.1, 0.15) is 17.3 Å². The van der Waals surface area contributed by atoms with E-state index in [9.17, 15) is 4.79 Å². The monoisotopic (exact) mass is 361 g/mol. The highest BCUT2D eigenvalue weighted by molar-refractivity contribution is 7.98. The Kier molecular flexibility index (Phi) is 4.58. The molecule has 1 saturated heterocycles. The molecule has 0 bridgehead atoms. The molecule has 0 saturated carbocycles. The molecule has 1 fully saturated rings. The zero-order valence-electron chi connectivity index (χ0n) is 13.8. The minimum atomic E-state index is -0.192. The van der Waals surface area contributed by atoms with E-state index in [0.29, 0.717) is 25.0 Å². The number of anilines is 1. The molecule has 1 N–H and O–H groups in total. The summed E-state index contributed by atoms with van der Waals surface area (Å²) in [7, 11) is 1.56. The van der Waals surface area contributed by atoms with Gasteiger partial charge >= 0.3 is 0 Å². The normalized spacial score (nSPS) is 22.4. The zero-order chi connectivity index (χ0) is 17.2. The van der Waals surface area contributed by atoms with Crippen molar-refractivity contribution < 1.29 is 9.47 Å². The topological polar surface area (TPSA) is 91.2 Å². The number of hydrogen-bond donors (Lipinski definition) is 1. The van der Waals surface area contributed by atoms with Crippen molar-refractivity contribution in [2.24, 2.45) is 0 Å². The Labute approximate surface area is 149 Å². The number of nitrogens with zero attached hydrogens (tertiary/aromatic N) is 4. The van der Waals surface area contributed by atoms with Gasteiger partial charge in [0.05, 0.1) is 32.1 Å². The summed E-state index contributed by atoms with van der Waals surface area (Å²) in [6, 6.07) is 3.07. The maximum Gasteiger partial charge on any atom is 0.267 e. The predicted molar refractivity (Wildman–Crippen MR) is 94.2 cm³/mol. The number of hydrogen-bond acceptors (Lipinski definition) is 8. The average molecular weight is 361 g/mol. The van der Waals surface area contributed by atoms with Crippen molar-refractivity contribution in [2.45, 2.75) is 24.3 Å². The summed E-state index contributed by atoms with van der Waals surface area (Å²) in [5.41, 5.74) is 1.98. The first-order chi connectivity index (χ1) is 12.2. The molecule has 0 aliphatic carbocycles. The molecule has 2 aliphatic heterocycles. The van der Waals surface area contributed by atoms with E-state index < -0.39 is 0 Å². The molecule has 2 aliphatic rings. The lowest BCUT2D eigenvalue weighted by atomic mass is 10.1. The third-order valence-electron chi connectivity index (χ3n) is 4.38. The van der Waals surface area contributed by atoms with Crippen molar-refractivity contribution in [3.8, 4) is 5.88 Å². The van der Waals surface area contributed by atoms with Gasteiger partial charge in [0.15, 0.2) is 0 Å². The number of aryl methyl sites for hydroxylation is 1. The molecule has 4 heterocycles. The fourth-order valence-corrected chi connectivity index (χ4v) is 4.03. The second-order valence-corrected chi connectivity index (χ2v) is 7.09. The molecule has 0 radical (unpaired) electrons. The lowest BCUT2D eigenvalue weighted by molar-refractivity contribution is 0.182. The number of rotatable bonds is 4. The summed E-state index contributed by atoms with van der Waals surface area (Å²) in [5.74, 6) is 2.83. The highest BCUT2D eigenvalue weighted by Gasteiger charge is 2.32. The van der Waals surface area contributed by atoms with Gasteiger partial charge in [-0.15, -0.1) is 0 Å². The molecule has 2 atom stereocenters. The van der Waals surface area contributed by atoms with E-state index in [0.717, 1.165) is 29.2 Å². The minimum absolute atomic E-state index is 0.0879. The van der Waals surface area contributed by atoms with Crippen LogP contribution < -0.4 is 15.6 Å². The van der Waals surface area contributed by atoms with Crippen LogP contribution in [0.3, 0.4) is 0 Å². The van der Waals surface area contributed by atoms with E-state index in [1.54, 1.807) is 30.1 Å². The van der Waals surface area contributed by atoms with E-state index in [2.05, 4.69) is 20.4 Å². The summed E-state index contributed by atoms with van der Waals surface area (Å²) in [6.45, 7) is 0.897. The number of methoxy groups -OCH3 is 1. The number of ether oxygens (including phenoxy) is 2. The van der Waals surface area contributed by atoms with E-state index in [1.807, 2.05) is 11.8 Å². The van der Waals surface area contributed by atoms with Crippen LogP contribution in [0.5, 0.6) is 5.88 Å². The van der Waals surface area contributed by atoms with E-state index in [-0.39, 0.29) is 17.6 Å². The van der Waals surface area contributed by atoms with Gasteiger partial charge in [0.25, 0.3) is 5.56 Å². The average Bonchev–Trinajstić information content (AvgIpc) is 3.09. The Morgan fingerprint density at radius 2 is 2.36 bits per heavy atom. The second-order valence-electron chi connectivity index (χ2n) is 5.98. The third-order valence-corrected chi connectivity index (χ3v) is 5.39. The van der Waals surface area contributed by atoms with Crippen LogP contribution in [-0.4, -0.2) is 51.9 Å². The van der Waals surface area contributed by atoms with Gasteiger partial charge in [0, 0.05) is 30.5 Å². The number of aromatic nitrogens is 4. The maximum absolute atomic E-state index is 12.5. The fourth-order valence-electron chi connectivity index (χ4n) is 3.08. The van der Waals surface area contributed by atoms with E-state index >= 15 is 0 Å². The molecular weight excluding hydrogens is 342 g/mol. The van der Waals surface area contributed by atoms with E-state index in [4.69, 9.17) is 9.47 Å². The van der Waals surface area contributed by atoms with Gasteiger partial charge in [0.2, 0.25) is 11.8 Å². The van der Waals surface area contributed by atoms with Crippen LogP contribution in [0.15, 0.2) is 23.1 Å². The van der Waals surface area contributed by atoms with Crippen LogP contribution in [0, 0.1) is 0 Å².